The molecule has 2 aromatic rings. The van der Waals surface area contributed by atoms with Crippen LogP contribution in [-0.2, 0) is 17.2 Å². The molecule has 1 saturated carbocycles. The van der Waals surface area contributed by atoms with E-state index < -0.39 is 22.7 Å². The first-order valence-electron chi connectivity index (χ1n) is 11.0. The van der Waals surface area contributed by atoms with Crippen molar-refractivity contribution < 1.29 is 17.4 Å². The third-order valence-electron chi connectivity index (χ3n) is 6.20. The second kappa shape index (κ2) is 10.8. The van der Waals surface area contributed by atoms with Crippen LogP contribution in [0, 0.1) is 5.92 Å². The predicted octanol–water partition coefficient (Wildman–Crippen LogP) is 5.32. The van der Waals surface area contributed by atoms with Gasteiger partial charge in [-0.25, -0.2) is 4.21 Å². The fraction of sp³-hybridized carbons (Fsp3) is 0.500. The largest absolute Gasteiger partial charge is 0.416 e. The van der Waals surface area contributed by atoms with Gasteiger partial charge in [-0.3, -0.25) is 5.14 Å². The average molecular weight is 468 g/mol. The van der Waals surface area contributed by atoms with Gasteiger partial charge in [-0.15, -0.1) is 0 Å². The normalized spacial score (nSPS) is 22.9. The van der Waals surface area contributed by atoms with Gasteiger partial charge in [-0.1, -0.05) is 36.8 Å². The van der Waals surface area contributed by atoms with Crippen LogP contribution < -0.4 is 10.5 Å². The SMILES string of the molecule is CN(C)CCCS(N)=O.FC(F)(F)c1ccc2c(c1)C1CCCC1[C@H](c1ccccc1)N2. The zero-order valence-electron chi connectivity index (χ0n) is 18.6. The summed E-state index contributed by atoms with van der Waals surface area (Å²) in [5.41, 5.74) is 2.38. The van der Waals surface area contributed by atoms with Crippen molar-refractivity contribution in [2.45, 2.75) is 43.8 Å². The van der Waals surface area contributed by atoms with Crippen molar-refractivity contribution in [3.05, 3.63) is 65.2 Å². The van der Waals surface area contributed by atoms with Crippen LogP contribution in [0.15, 0.2) is 48.5 Å². The Kier molecular flexibility index (Phi) is 8.36. The van der Waals surface area contributed by atoms with Crippen molar-refractivity contribution in [1.29, 1.82) is 0 Å². The van der Waals surface area contributed by atoms with Crippen LogP contribution in [0.2, 0.25) is 0 Å². The van der Waals surface area contributed by atoms with Crippen molar-refractivity contribution in [3.63, 3.8) is 0 Å². The summed E-state index contributed by atoms with van der Waals surface area (Å²) in [4.78, 5) is 2.05. The van der Waals surface area contributed by atoms with Crippen LogP contribution in [0.4, 0.5) is 18.9 Å². The fourth-order valence-corrected chi connectivity index (χ4v) is 5.15. The number of alkyl halides is 3. The summed E-state index contributed by atoms with van der Waals surface area (Å²) in [5.74, 6) is 1.20. The monoisotopic (exact) mass is 467 g/mol. The molecule has 3 unspecified atom stereocenters. The first-order chi connectivity index (χ1) is 15.2. The van der Waals surface area contributed by atoms with Crippen LogP contribution in [0.5, 0.6) is 0 Å². The lowest BCUT2D eigenvalue weighted by Gasteiger charge is -2.38. The molecule has 1 fully saturated rings. The Morgan fingerprint density at radius 3 is 2.47 bits per heavy atom. The number of hydrogen-bond donors (Lipinski definition) is 2. The topological polar surface area (TPSA) is 58.4 Å². The molecule has 176 valence electrons. The Hall–Kier alpha value is -1.90. The quantitative estimate of drug-likeness (QED) is 0.626. The third-order valence-corrected chi connectivity index (χ3v) is 6.89. The molecule has 4 nitrogen and oxygen atoms in total. The van der Waals surface area contributed by atoms with Gasteiger partial charge in [0, 0.05) is 11.4 Å². The van der Waals surface area contributed by atoms with Gasteiger partial charge >= 0.3 is 6.18 Å². The van der Waals surface area contributed by atoms with Crippen LogP contribution in [-0.4, -0.2) is 35.5 Å². The number of fused-ring (bicyclic) bond motifs is 3. The lowest BCUT2D eigenvalue weighted by atomic mass is 9.77. The Bertz CT molecular complexity index is 905. The Morgan fingerprint density at radius 1 is 1.12 bits per heavy atom. The number of nitrogens with one attached hydrogen (secondary N) is 1. The summed E-state index contributed by atoms with van der Waals surface area (Å²) in [6.07, 6.45) is -0.248. The minimum atomic E-state index is -4.28. The van der Waals surface area contributed by atoms with Gasteiger partial charge in [0.15, 0.2) is 0 Å². The van der Waals surface area contributed by atoms with Gasteiger partial charge in [0.2, 0.25) is 0 Å². The summed E-state index contributed by atoms with van der Waals surface area (Å²) in [5, 5.41) is 8.53. The molecular formula is C24H32F3N3OS. The number of hydrogen-bond acceptors (Lipinski definition) is 3. The van der Waals surface area contributed by atoms with E-state index in [0.29, 0.717) is 11.7 Å². The molecule has 8 heteroatoms. The van der Waals surface area contributed by atoms with Gasteiger partial charge in [-0.2, -0.15) is 13.2 Å². The van der Waals surface area contributed by atoms with E-state index in [1.807, 2.05) is 37.2 Å². The predicted molar refractivity (Wildman–Crippen MR) is 125 cm³/mol. The third kappa shape index (κ3) is 6.33. The number of benzene rings is 2. The molecule has 0 amide bonds. The number of nitrogens with two attached hydrogens (primary N) is 1. The zero-order chi connectivity index (χ0) is 23.3. The molecule has 0 spiro atoms. The first kappa shape index (κ1) is 24.7. The average Bonchev–Trinajstić information content (AvgIpc) is 3.23. The fourth-order valence-electron chi connectivity index (χ4n) is 4.74. The van der Waals surface area contributed by atoms with Crippen LogP contribution >= 0.6 is 0 Å². The van der Waals surface area contributed by atoms with Gasteiger partial charge in [0.05, 0.1) is 22.6 Å². The second-order valence-electron chi connectivity index (χ2n) is 8.78. The maximum atomic E-state index is 13.0. The highest BCUT2D eigenvalue weighted by molar-refractivity contribution is 7.82. The molecule has 4 atom stereocenters. The van der Waals surface area contributed by atoms with Crippen molar-refractivity contribution in [2.24, 2.45) is 11.1 Å². The molecule has 2 aliphatic rings. The Morgan fingerprint density at radius 2 is 1.84 bits per heavy atom. The smallest absolute Gasteiger partial charge is 0.378 e. The first-order valence-corrected chi connectivity index (χ1v) is 12.3. The number of rotatable bonds is 5. The van der Waals surface area contributed by atoms with E-state index in [4.69, 9.17) is 5.14 Å². The maximum Gasteiger partial charge on any atom is 0.416 e. The molecule has 0 aromatic heterocycles. The summed E-state index contributed by atoms with van der Waals surface area (Å²) >= 11 is 0. The molecule has 1 aliphatic heterocycles. The molecule has 1 aliphatic carbocycles. The minimum absolute atomic E-state index is 0.188. The number of nitrogens with zero attached hydrogens (tertiary/aromatic N) is 1. The summed E-state index contributed by atoms with van der Waals surface area (Å²) in [7, 11) is 2.86. The number of halogens is 3. The second-order valence-corrected chi connectivity index (χ2v) is 9.95. The van der Waals surface area contributed by atoms with E-state index in [0.717, 1.165) is 43.5 Å². The van der Waals surface area contributed by atoms with Crippen molar-refractivity contribution in [1.82, 2.24) is 4.90 Å². The van der Waals surface area contributed by atoms with Crippen molar-refractivity contribution >= 4 is 16.7 Å². The number of anilines is 1. The van der Waals surface area contributed by atoms with E-state index in [1.54, 1.807) is 6.07 Å². The Balaban J connectivity index is 0.000000275. The molecule has 1 heterocycles. The lowest BCUT2D eigenvalue weighted by molar-refractivity contribution is -0.137. The molecule has 3 N–H and O–H groups in total. The van der Waals surface area contributed by atoms with E-state index in [9.17, 15) is 17.4 Å². The highest BCUT2D eigenvalue weighted by Gasteiger charge is 2.41. The summed E-state index contributed by atoms with van der Waals surface area (Å²) in [6.45, 7) is 0.961. The van der Waals surface area contributed by atoms with Crippen molar-refractivity contribution in [2.75, 3.05) is 31.7 Å². The minimum Gasteiger partial charge on any atom is -0.378 e. The van der Waals surface area contributed by atoms with E-state index >= 15 is 0 Å². The summed E-state index contributed by atoms with van der Waals surface area (Å²) in [6, 6.07) is 14.5. The molecular weight excluding hydrogens is 435 g/mol. The maximum absolute atomic E-state index is 13.0. The standard InChI is InChI=1S/C19H18F3N.C5H14N2OS/c20-19(21,22)13-9-10-17-16(11-13)14-7-4-8-15(14)18(23-17)12-5-2-1-3-6-12;1-7(2)4-3-5-9(6)8/h1-3,5-6,9-11,14-15,18,23H,4,7-8H2;3-6H2,1-2H3/t14?,15?,18-;/m0./s1. The molecule has 0 radical (unpaired) electrons. The molecule has 4 rings (SSSR count). The summed E-state index contributed by atoms with van der Waals surface area (Å²) < 4.78 is 49.4. The van der Waals surface area contributed by atoms with Gasteiger partial charge in [0.25, 0.3) is 0 Å². The molecule has 0 bridgehead atoms. The molecule has 0 saturated heterocycles. The van der Waals surface area contributed by atoms with Crippen LogP contribution in [0.3, 0.4) is 0 Å². The van der Waals surface area contributed by atoms with Gasteiger partial charge in [-0.05, 0) is 81.1 Å². The van der Waals surface area contributed by atoms with Crippen LogP contribution in [0.1, 0.15) is 54.3 Å². The van der Waals surface area contributed by atoms with Gasteiger partial charge < -0.3 is 10.2 Å². The van der Waals surface area contributed by atoms with E-state index in [2.05, 4.69) is 17.4 Å². The Labute approximate surface area is 191 Å². The van der Waals surface area contributed by atoms with Crippen LogP contribution in [0.25, 0.3) is 0 Å². The van der Waals surface area contributed by atoms with E-state index in [1.165, 1.54) is 17.7 Å². The molecule has 2 aromatic carbocycles. The zero-order valence-corrected chi connectivity index (χ0v) is 19.4. The van der Waals surface area contributed by atoms with E-state index in [-0.39, 0.29) is 12.0 Å². The molecule has 32 heavy (non-hydrogen) atoms. The van der Waals surface area contributed by atoms with Crippen molar-refractivity contribution in [3.8, 4) is 0 Å². The lowest BCUT2D eigenvalue weighted by Crippen LogP contribution is -2.29. The van der Waals surface area contributed by atoms with Gasteiger partial charge in [0.1, 0.15) is 0 Å². The highest BCUT2D eigenvalue weighted by Crippen LogP contribution is 2.53. The highest BCUT2D eigenvalue weighted by atomic mass is 32.2.